The molecule has 0 bridgehead atoms. The molecule has 1 heterocycles. The number of hydrogen-bond acceptors (Lipinski definition) is 3. The van der Waals surface area contributed by atoms with Crippen LogP contribution in [0.1, 0.15) is 32.4 Å². The van der Waals surface area contributed by atoms with Gasteiger partial charge < -0.3 is 14.8 Å². The normalized spacial score (nSPS) is 12.4. The van der Waals surface area contributed by atoms with Gasteiger partial charge in [-0.15, -0.1) is 0 Å². The number of aliphatic carboxylic acids is 1. The Morgan fingerprint density at radius 3 is 2.67 bits per heavy atom. The summed E-state index contributed by atoms with van der Waals surface area (Å²) in [6.07, 6.45) is 2.69. The van der Waals surface area contributed by atoms with Gasteiger partial charge >= 0.3 is 5.97 Å². The topological polar surface area (TPSA) is 79.5 Å². The van der Waals surface area contributed by atoms with E-state index in [1.165, 1.54) is 0 Å². The lowest BCUT2D eigenvalue weighted by molar-refractivity contribution is -0.142. The molecule has 1 aromatic rings. The Balaban J connectivity index is 2.39. The SMILES string of the molecule is CC(C)C[C@@H](NC(=O)CCc1ccco1)C(=O)O. The van der Waals surface area contributed by atoms with Gasteiger partial charge in [0.2, 0.25) is 5.91 Å². The number of amides is 1. The minimum atomic E-state index is -0.991. The van der Waals surface area contributed by atoms with Crippen LogP contribution < -0.4 is 5.32 Å². The lowest BCUT2D eigenvalue weighted by Crippen LogP contribution is -2.41. The van der Waals surface area contributed by atoms with E-state index < -0.39 is 12.0 Å². The van der Waals surface area contributed by atoms with Gasteiger partial charge in [0.25, 0.3) is 0 Å². The van der Waals surface area contributed by atoms with Gasteiger partial charge in [-0.05, 0) is 24.5 Å². The van der Waals surface area contributed by atoms with E-state index in [-0.39, 0.29) is 18.2 Å². The van der Waals surface area contributed by atoms with Crippen LogP contribution >= 0.6 is 0 Å². The summed E-state index contributed by atoms with van der Waals surface area (Å²) in [4.78, 5) is 22.6. The lowest BCUT2D eigenvalue weighted by atomic mass is 10.0. The summed E-state index contributed by atoms with van der Waals surface area (Å²) < 4.78 is 5.10. The number of hydrogen-bond donors (Lipinski definition) is 2. The summed E-state index contributed by atoms with van der Waals surface area (Å²) >= 11 is 0. The summed E-state index contributed by atoms with van der Waals surface area (Å²) in [6.45, 7) is 3.84. The molecule has 0 aromatic carbocycles. The molecule has 0 fully saturated rings. The minimum Gasteiger partial charge on any atom is -0.480 e. The van der Waals surface area contributed by atoms with Crippen molar-refractivity contribution >= 4 is 11.9 Å². The highest BCUT2D eigenvalue weighted by Crippen LogP contribution is 2.07. The van der Waals surface area contributed by atoms with E-state index in [0.717, 1.165) is 5.76 Å². The fourth-order valence-corrected chi connectivity index (χ4v) is 1.65. The monoisotopic (exact) mass is 253 g/mol. The second kappa shape index (κ2) is 6.83. The van der Waals surface area contributed by atoms with E-state index in [0.29, 0.717) is 12.8 Å². The smallest absolute Gasteiger partial charge is 0.326 e. The van der Waals surface area contributed by atoms with Crippen molar-refractivity contribution in [2.45, 2.75) is 39.2 Å². The van der Waals surface area contributed by atoms with Gasteiger partial charge in [0.15, 0.2) is 0 Å². The first-order valence-electron chi connectivity index (χ1n) is 6.03. The van der Waals surface area contributed by atoms with Crippen LogP contribution in [0.5, 0.6) is 0 Å². The Hall–Kier alpha value is -1.78. The second-order valence-corrected chi connectivity index (χ2v) is 4.67. The number of carboxylic acid groups (broad SMARTS) is 1. The molecule has 1 rings (SSSR count). The molecule has 2 N–H and O–H groups in total. The molecule has 0 aliphatic heterocycles. The Morgan fingerprint density at radius 2 is 2.17 bits per heavy atom. The van der Waals surface area contributed by atoms with Crippen molar-refractivity contribution in [2.75, 3.05) is 0 Å². The summed E-state index contributed by atoms with van der Waals surface area (Å²) in [5.41, 5.74) is 0. The van der Waals surface area contributed by atoms with Gasteiger partial charge in [-0.3, -0.25) is 4.79 Å². The molecular weight excluding hydrogens is 234 g/mol. The van der Waals surface area contributed by atoms with Crippen LogP contribution in [0.25, 0.3) is 0 Å². The summed E-state index contributed by atoms with van der Waals surface area (Å²) in [5.74, 6) is -0.313. The minimum absolute atomic E-state index is 0.219. The highest BCUT2D eigenvalue weighted by atomic mass is 16.4. The van der Waals surface area contributed by atoms with Crippen molar-refractivity contribution in [2.24, 2.45) is 5.92 Å². The Morgan fingerprint density at radius 1 is 1.44 bits per heavy atom. The Labute approximate surface area is 106 Å². The fraction of sp³-hybridized carbons (Fsp3) is 0.538. The van der Waals surface area contributed by atoms with E-state index in [4.69, 9.17) is 9.52 Å². The summed E-state index contributed by atoms with van der Waals surface area (Å²) in [6, 6.07) is 2.73. The van der Waals surface area contributed by atoms with Crippen molar-refractivity contribution in [3.05, 3.63) is 24.2 Å². The van der Waals surface area contributed by atoms with Gasteiger partial charge in [-0.25, -0.2) is 4.79 Å². The zero-order valence-corrected chi connectivity index (χ0v) is 10.7. The second-order valence-electron chi connectivity index (χ2n) is 4.67. The molecule has 0 radical (unpaired) electrons. The van der Waals surface area contributed by atoms with Gasteiger partial charge in [-0.1, -0.05) is 13.8 Å². The molecule has 0 aliphatic carbocycles. The molecule has 100 valence electrons. The fourth-order valence-electron chi connectivity index (χ4n) is 1.65. The van der Waals surface area contributed by atoms with Crippen LogP contribution in [0.4, 0.5) is 0 Å². The quantitative estimate of drug-likeness (QED) is 0.777. The third kappa shape index (κ3) is 5.03. The van der Waals surface area contributed by atoms with Crippen molar-refractivity contribution in [1.29, 1.82) is 0 Å². The van der Waals surface area contributed by atoms with Gasteiger partial charge in [0, 0.05) is 12.8 Å². The third-order valence-electron chi connectivity index (χ3n) is 2.52. The van der Waals surface area contributed by atoms with E-state index >= 15 is 0 Å². The molecule has 0 spiro atoms. The highest BCUT2D eigenvalue weighted by molar-refractivity contribution is 5.83. The standard InChI is InChI=1S/C13H19NO4/c1-9(2)8-11(13(16)17)14-12(15)6-5-10-4-3-7-18-10/h3-4,7,9,11H,5-6,8H2,1-2H3,(H,14,15)(H,16,17)/t11-/m1/s1. The number of carbonyl (C=O) groups excluding carboxylic acids is 1. The predicted molar refractivity (Wildman–Crippen MR) is 66.1 cm³/mol. The molecule has 0 aliphatic rings. The molecule has 5 nitrogen and oxygen atoms in total. The van der Waals surface area contributed by atoms with Crippen LogP contribution in [0, 0.1) is 5.92 Å². The first-order chi connectivity index (χ1) is 8.49. The number of carboxylic acids is 1. The van der Waals surface area contributed by atoms with Crippen molar-refractivity contribution in [3.8, 4) is 0 Å². The maximum absolute atomic E-state index is 11.6. The van der Waals surface area contributed by atoms with Crippen LogP contribution in [0.2, 0.25) is 0 Å². The first kappa shape index (κ1) is 14.3. The molecule has 1 aromatic heterocycles. The zero-order valence-electron chi connectivity index (χ0n) is 10.7. The molecule has 0 unspecified atom stereocenters. The van der Waals surface area contributed by atoms with Gasteiger partial charge in [0.05, 0.1) is 6.26 Å². The largest absolute Gasteiger partial charge is 0.480 e. The van der Waals surface area contributed by atoms with E-state index in [1.807, 2.05) is 13.8 Å². The number of carbonyl (C=O) groups is 2. The van der Waals surface area contributed by atoms with E-state index in [2.05, 4.69) is 5.32 Å². The molecule has 5 heteroatoms. The lowest BCUT2D eigenvalue weighted by Gasteiger charge is -2.16. The summed E-state index contributed by atoms with van der Waals surface area (Å²) in [5, 5.41) is 11.5. The Kier molecular flexibility index (Phi) is 5.42. The van der Waals surface area contributed by atoms with Crippen molar-refractivity contribution in [1.82, 2.24) is 5.32 Å². The average Bonchev–Trinajstić information content (AvgIpc) is 2.77. The number of rotatable bonds is 7. The Bertz CT molecular complexity index is 384. The van der Waals surface area contributed by atoms with Crippen LogP contribution in [0.15, 0.2) is 22.8 Å². The molecule has 1 atom stereocenters. The zero-order chi connectivity index (χ0) is 13.5. The van der Waals surface area contributed by atoms with Crippen LogP contribution in [-0.2, 0) is 16.0 Å². The number of furan rings is 1. The molecule has 0 saturated carbocycles. The molecular formula is C13H19NO4. The van der Waals surface area contributed by atoms with Gasteiger partial charge in [0.1, 0.15) is 11.8 Å². The predicted octanol–water partition coefficient (Wildman–Crippen LogP) is 1.83. The van der Waals surface area contributed by atoms with Crippen LogP contribution in [0.3, 0.4) is 0 Å². The number of nitrogens with one attached hydrogen (secondary N) is 1. The van der Waals surface area contributed by atoms with Gasteiger partial charge in [-0.2, -0.15) is 0 Å². The maximum Gasteiger partial charge on any atom is 0.326 e. The summed E-state index contributed by atoms with van der Waals surface area (Å²) in [7, 11) is 0. The maximum atomic E-state index is 11.6. The van der Waals surface area contributed by atoms with Crippen molar-refractivity contribution in [3.63, 3.8) is 0 Å². The highest BCUT2D eigenvalue weighted by Gasteiger charge is 2.20. The third-order valence-corrected chi connectivity index (χ3v) is 2.52. The van der Waals surface area contributed by atoms with E-state index in [9.17, 15) is 9.59 Å². The molecule has 0 saturated heterocycles. The average molecular weight is 253 g/mol. The van der Waals surface area contributed by atoms with Crippen molar-refractivity contribution < 1.29 is 19.1 Å². The van der Waals surface area contributed by atoms with E-state index in [1.54, 1.807) is 18.4 Å². The van der Waals surface area contributed by atoms with Crippen LogP contribution in [-0.4, -0.2) is 23.0 Å². The molecule has 18 heavy (non-hydrogen) atoms. The molecule has 1 amide bonds. The first-order valence-corrected chi connectivity index (χ1v) is 6.03. The number of aryl methyl sites for hydroxylation is 1.